The SMILES string of the molecule is CC(C)C[C@@H]1OCc2cc(O)ccc2[C@@H]1c1ccc(N2CCC(CN3CCN(c4ccc5c(c4)CN([C@H]4CCC(=O)NC4=O)C5=O)CC3)CC2)cc1. The van der Waals surface area contributed by atoms with Crippen molar-refractivity contribution in [2.24, 2.45) is 11.8 Å². The van der Waals surface area contributed by atoms with Crippen LogP contribution in [0.4, 0.5) is 11.4 Å². The van der Waals surface area contributed by atoms with E-state index in [0.29, 0.717) is 42.7 Å². The second-order valence-corrected chi connectivity index (χ2v) is 15.9. The second-order valence-electron chi connectivity index (χ2n) is 15.9. The van der Waals surface area contributed by atoms with Crippen LogP contribution in [0.2, 0.25) is 0 Å². The van der Waals surface area contributed by atoms with Crippen LogP contribution in [0.1, 0.15) is 84.5 Å². The highest BCUT2D eigenvalue weighted by atomic mass is 16.5. The molecule has 0 unspecified atom stereocenters. The molecule has 0 aromatic heterocycles. The van der Waals surface area contributed by atoms with E-state index in [1.807, 2.05) is 18.2 Å². The number of anilines is 2. The molecule has 52 heavy (non-hydrogen) atoms. The Morgan fingerprint density at radius 1 is 0.827 bits per heavy atom. The summed E-state index contributed by atoms with van der Waals surface area (Å²) in [6.07, 6.45) is 4.14. The largest absolute Gasteiger partial charge is 0.508 e. The number of aromatic hydroxyl groups is 1. The summed E-state index contributed by atoms with van der Waals surface area (Å²) in [5.41, 5.74) is 7.67. The van der Waals surface area contributed by atoms with Crippen molar-refractivity contribution in [1.29, 1.82) is 0 Å². The Morgan fingerprint density at radius 3 is 2.29 bits per heavy atom. The topological polar surface area (TPSA) is 106 Å². The quantitative estimate of drug-likeness (QED) is 0.306. The summed E-state index contributed by atoms with van der Waals surface area (Å²) in [7, 11) is 0. The number of benzene rings is 3. The van der Waals surface area contributed by atoms with Crippen LogP contribution in [0, 0.1) is 11.8 Å². The molecule has 2 N–H and O–H groups in total. The lowest BCUT2D eigenvalue weighted by Crippen LogP contribution is -2.52. The number of nitrogens with zero attached hydrogens (tertiary/aromatic N) is 4. The second kappa shape index (κ2) is 14.5. The molecular formula is C42H51N5O5. The average molecular weight is 706 g/mol. The van der Waals surface area contributed by atoms with Crippen LogP contribution >= 0.6 is 0 Å². The van der Waals surface area contributed by atoms with E-state index in [4.69, 9.17) is 4.74 Å². The third kappa shape index (κ3) is 7.03. The molecule has 0 spiro atoms. The van der Waals surface area contributed by atoms with Crippen molar-refractivity contribution >= 4 is 29.1 Å². The molecule has 274 valence electrons. The molecule has 5 aliphatic heterocycles. The summed E-state index contributed by atoms with van der Waals surface area (Å²) >= 11 is 0. The predicted molar refractivity (Wildman–Crippen MR) is 201 cm³/mol. The van der Waals surface area contributed by atoms with Gasteiger partial charge in [0.2, 0.25) is 11.8 Å². The summed E-state index contributed by atoms with van der Waals surface area (Å²) < 4.78 is 6.37. The Morgan fingerprint density at radius 2 is 1.56 bits per heavy atom. The lowest BCUT2D eigenvalue weighted by Gasteiger charge is -2.40. The first-order valence-electron chi connectivity index (χ1n) is 19.2. The summed E-state index contributed by atoms with van der Waals surface area (Å²) in [4.78, 5) is 46.4. The average Bonchev–Trinajstić information content (AvgIpc) is 3.47. The number of nitrogens with one attached hydrogen (secondary N) is 1. The number of rotatable bonds is 8. The number of carbonyl (C=O) groups is 3. The van der Waals surface area contributed by atoms with Crippen LogP contribution in [-0.4, -0.2) is 90.6 Å². The van der Waals surface area contributed by atoms with E-state index in [0.717, 1.165) is 69.0 Å². The smallest absolute Gasteiger partial charge is 0.255 e. The molecule has 0 radical (unpaired) electrons. The number of hydrogen-bond acceptors (Lipinski definition) is 8. The van der Waals surface area contributed by atoms with Gasteiger partial charge in [-0.2, -0.15) is 0 Å². The molecular weight excluding hydrogens is 654 g/mol. The Kier molecular flexibility index (Phi) is 9.70. The molecule has 0 saturated carbocycles. The lowest BCUT2D eigenvalue weighted by molar-refractivity contribution is -0.136. The number of piperidine rings is 2. The normalized spacial score (nSPS) is 24.3. The Labute approximate surface area is 306 Å². The van der Waals surface area contributed by atoms with Gasteiger partial charge >= 0.3 is 0 Å². The van der Waals surface area contributed by atoms with Crippen LogP contribution in [-0.2, 0) is 27.5 Å². The molecule has 3 amide bonds. The molecule has 3 saturated heterocycles. The van der Waals surface area contributed by atoms with Crippen LogP contribution < -0.4 is 15.1 Å². The van der Waals surface area contributed by atoms with Gasteiger partial charge in [-0.1, -0.05) is 32.0 Å². The van der Waals surface area contributed by atoms with Crippen molar-refractivity contribution in [3.05, 3.63) is 88.5 Å². The zero-order valence-corrected chi connectivity index (χ0v) is 30.4. The molecule has 3 atom stereocenters. The number of phenolic OH excluding ortho intramolecular Hbond substituents is 1. The van der Waals surface area contributed by atoms with Crippen molar-refractivity contribution in [2.45, 2.75) is 77.2 Å². The first-order valence-corrected chi connectivity index (χ1v) is 19.2. The van der Waals surface area contributed by atoms with Gasteiger partial charge in [-0.05, 0) is 102 Å². The first-order chi connectivity index (χ1) is 25.2. The highest BCUT2D eigenvalue weighted by molar-refractivity contribution is 6.05. The Balaban J connectivity index is 0.825. The van der Waals surface area contributed by atoms with Gasteiger partial charge in [-0.3, -0.25) is 24.6 Å². The van der Waals surface area contributed by atoms with Gasteiger partial charge < -0.3 is 24.5 Å². The monoisotopic (exact) mass is 705 g/mol. The maximum atomic E-state index is 13.1. The molecule has 5 aliphatic rings. The Bertz CT molecular complexity index is 1810. The minimum atomic E-state index is -0.586. The van der Waals surface area contributed by atoms with Crippen LogP contribution in [0.5, 0.6) is 5.75 Å². The Hall–Kier alpha value is -4.41. The van der Waals surface area contributed by atoms with Crippen molar-refractivity contribution in [3.8, 4) is 5.75 Å². The van der Waals surface area contributed by atoms with E-state index in [1.54, 1.807) is 11.0 Å². The number of ether oxygens (including phenoxy) is 1. The van der Waals surface area contributed by atoms with Gasteiger partial charge in [0.15, 0.2) is 0 Å². The number of piperazine rings is 1. The van der Waals surface area contributed by atoms with E-state index in [9.17, 15) is 19.5 Å². The third-order valence-corrected chi connectivity index (χ3v) is 12.0. The van der Waals surface area contributed by atoms with Crippen molar-refractivity contribution in [3.63, 3.8) is 0 Å². The number of fused-ring (bicyclic) bond motifs is 2. The van der Waals surface area contributed by atoms with E-state index in [2.05, 4.69) is 70.3 Å². The fraction of sp³-hybridized carbons (Fsp3) is 0.500. The van der Waals surface area contributed by atoms with E-state index < -0.39 is 6.04 Å². The van der Waals surface area contributed by atoms with Crippen LogP contribution in [0.3, 0.4) is 0 Å². The van der Waals surface area contributed by atoms with Gasteiger partial charge in [0, 0.05) is 81.6 Å². The first kappa shape index (κ1) is 34.7. The van der Waals surface area contributed by atoms with Crippen molar-refractivity contribution in [2.75, 3.05) is 55.6 Å². The molecule has 10 heteroatoms. The fourth-order valence-corrected chi connectivity index (χ4v) is 9.15. The molecule has 0 aliphatic carbocycles. The molecule has 5 heterocycles. The number of imide groups is 1. The molecule has 3 aromatic rings. The molecule has 0 bridgehead atoms. The summed E-state index contributed by atoms with van der Waals surface area (Å²) in [6.45, 7) is 12.7. The fourth-order valence-electron chi connectivity index (χ4n) is 9.15. The van der Waals surface area contributed by atoms with E-state index >= 15 is 0 Å². The van der Waals surface area contributed by atoms with Gasteiger partial charge in [-0.25, -0.2) is 0 Å². The zero-order valence-electron chi connectivity index (χ0n) is 30.4. The van der Waals surface area contributed by atoms with Crippen LogP contribution in [0.25, 0.3) is 0 Å². The number of phenols is 1. The molecule has 8 rings (SSSR count). The van der Waals surface area contributed by atoms with Gasteiger partial charge in [0.05, 0.1) is 12.7 Å². The maximum absolute atomic E-state index is 13.1. The van der Waals surface area contributed by atoms with Gasteiger partial charge in [0.25, 0.3) is 5.91 Å². The van der Waals surface area contributed by atoms with Crippen molar-refractivity contribution < 1.29 is 24.2 Å². The minimum absolute atomic E-state index is 0.123. The number of amides is 3. The highest BCUT2D eigenvalue weighted by Gasteiger charge is 2.39. The lowest BCUT2D eigenvalue weighted by atomic mass is 9.79. The van der Waals surface area contributed by atoms with E-state index in [-0.39, 0.29) is 36.2 Å². The number of hydrogen-bond donors (Lipinski definition) is 2. The van der Waals surface area contributed by atoms with Gasteiger partial charge in [-0.15, -0.1) is 0 Å². The predicted octanol–water partition coefficient (Wildman–Crippen LogP) is 5.27. The highest BCUT2D eigenvalue weighted by Crippen LogP contribution is 2.41. The minimum Gasteiger partial charge on any atom is -0.508 e. The van der Waals surface area contributed by atoms with Crippen LogP contribution in [0.15, 0.2) is 60.7 Å². The summed E-state index contributed by atoms with van der Waals surface area (Å²) in [5, 5.41) is 12.5. The van der Waals surface area contributed by atoms with Crippen molar-refractivity contribution in [1.82, 2.24) is 15.1 Å². The third-order valence-electron chi connectivity index (χ3n) is 12.0. The standard InChI is InChI=1S/C42H51N5O5/c1-27(2)21-38-40(35-10-8-34(48)23-31(35)26-52-38)29-3-5-32(6-4-29)45-15-13-28(14-16-45)24-44-17-19-46(20-18-44)33-7-9-36-30(22-33)25-47(42(36)51)37-11-12-39(49)43-41(37)50/h3-10,22-23,27-28,37-38,40,48H,11-21,24-26H2,1-2H3,(H,43,49,50)/t37-,38-,40-/m0/s1. The zero-order chi connectivity index (χ0) is 35.9. The molecule has 3 fully saturated rings. The summed E-state index contributed by atoms with van der Waals surface area (Å²) in [6, 6.07) is 20.4. The maximum Gasteiger partial charge on any atom is 0.255 e. The number of carbonyl (C=O) groups excluding carboxylic acids is 3. The summed E-state index contributed by atoms with van der Waals surface area (Å²) in [5.74, 6) is 0.921. The molecule has 3 aromatic carbocycles. The van der Waals surface area contributed by atoms with E-state index in [1.165, 1.54) is 29.7 Å². The molecule has 10 nitrogen and oxygen atoms in total. The van der Waals surface area contributed by atoms with Gasteiger partial charge in [0.1, 0.15) is 11.8 Å².